The van der Waals surface area contributed by atoms with E-state index in [-0.39, 0.29) is 5.78 Å². The molecule has 0 spiro atoms. The van der Waals surface area contributed by atoms with Crippen LogP contribution in [0.15, 0.2) is 36.7 Å². The second kappa shape index (κ2) is 4.22. The molecule has 0 aliphatic heterocycles. The van der Waals surface area contributed by atoms with Crippen LogP contribution in [0.25, 0.3) is 10.8 Å². The second-order valence-electron chi connectivity index (χ2n) is 3.63. The molecular weight excluding hydrogens is 186 g/mol. The van der Waals surface area contributed by atoms with Crippen LogP contribution in [0.4, 0.5) is 0 Å². The summed E-state index contributed by atoms with van der Waals surface area (Å²) in [5.41, 5.74) is 1.08. The largest absolute Gasteiger partial charge is 0.299 e. The van der Waals surface area contributed by atoms with Gasteiger partial charge in [0.15, 0.2) is 0 Å². The number of benzene rings is 1. The Bertz CT molecular complexity index is 491. The van der Waals surface area contributed by atoms with Gasteiger partial charge in [0.2, 0.25) is 0 Å². The average Bonchev–Trinajstić information content (AvgIpc) is 2.29. The van der Waals surface area contributed by atoms with E-state index in [0.717, 1.165) is 16.3 Å². The number of hydrogen-bond donors (Lipinski definition) is 0. The van der Waals surface area contributed by atoms with Gasteiger partial charge in [0.05, 0.1) is 0 Å². The van der Waals surface area contributed by atoms with Crippen molar-refractivity contribution in [2.45, 2.75) is 19.8 Å². The molecule has 0 bridgehead atoms. The molecule has 0 saturated carbocycles. The van der Waals surface area contributed by atoms with Crippen molar-refractivity contribution in [1.29, 1.82) is 0 Å². The number of hydrogen-bond acceptors (Lipinski definition) is 2. The fourth-order valence-electron chi connectivity index (χ4n) is 1.60. The van der Waals surface area contributed by atoms with Gasteiger partial charge in [-0.15, -0.1) is 0 Å². The molecule has 1 heterocycles. The molecule has 2 rings (SSSR count). The quantitative estimate of drug-likeness (QED) is 0.760. The summed E-state index contributed by atoms with van der Waals surface area (Å²) < 4.78 is 0. The Kier molecular flexibility index (Phi) is 2.77. The van der Waals surface area contributed by atoms with Gasteiger partial charge < -0.3 is 0 Å². The number of aromatic nitrogens is 1. The zero-order valence-electron chi connectivity index (χ0n) is 8.73. The summed E-state index contributed by atoms with van der Waals surface area (Å²) in [6, 6.07) is 8.04. The number of Topliss-reactive ketones (excluding diaryl/α,β-unsaturated/α-hetero) is 1. The number of fused-ring (bicyclic) bond motifs is 1. The van der Waals surface area contributed by atoms with E-state index in [0.29, 0.717) is 12.8 Å². The van der Waals surface area contributed by atoms with Crippen LogP contribution in [0.5, 0.6) is 0 Å². The smallest absolute Gasteiger partial charge is 0.136 e. The van der Waals surface area contributed by atoms with E-state index in [1.54, 1.807) is 6.20 Å². The lowest BCUT2D eigenvalue weighted by molar-refractivity contribution is -0.118. The van der Waals surface area contributed by atoms with Crippen molar-refractivity contribution in [3.05, 3.63) is 42.2 Å². The van der Waals surface area contributed by atoms with Gasteiger partial charge >= 0.3 is 0 Å². The predicted molar refractivity (Wildman–Crippen MR) is 60.7 cm³/mol. The topological polar surface area (TPSA) is 30.0 Å². The van der Waals surface area contributed by atoms with Crippen molar-refractivity contribution < 1.29 is 4.79 Å². The normalized spacial score (nSPS) is 10.5. The first-order valence-electron chi connectivity index (χ1n) is 5.14. The third-order valence-electron chi connectivity index (χ3n) is 2.50. The van der Waals surface area contributed by atoms with Crippen LogP contribution < -0.4 is 0 Å². The van der Waals surface area contributed by atoms with Crippen molar-refractivity contribution >= 4 is 16.6 Å². The zero-order valence-corrected chi connectivity index (χ0v) is 8.73. The lowest BCUT2D eigenvalue weighted by Gasteiger charge is -2.01. The number of ketones is 1. The van der Waals surface area contributed by atoms with E-state index in [9.17, 15) is 4.79 Å². The van der Waals surface area contributed by atoms with E-state index in [2.05, 4.69) is 11.1 Å². The summed E-state index contributed by atoms with van der Waals surface area (Å²) in [4.78, 5) is 15.4. The van der Waals surface area contributed by atoms with Gasteiger partial charge in [0, 0.05) is 30.6 Å². The monoisotopic (exact) mass is 199 g/mol. The molecule has 0 atom stereocenters. The van der Waals surface area contributed by atoms with Gasteiger partial charge in [-0.05, 0) is 17.0 Å². The van der Waals surface area contributed by atoms with Gasteiger partial charge in [-0.25, -0.2) is 0 Å². The molecule has 1 aromatic carbocycles. The number of rotatable bonds is 3. The highest BCUT2D eigenvalue weighted by Gasteiger charge is 2.01. The van der Waals surface area contributed by atoms with E-state index in [4.69, 9.17) is 0 Å². The fourth-order valence-corrected chi connectivity index (χ4v) is 1.60. The van der Waals surface area contributed by atoms with Crippen molar-refractivity contribution in [2.75, 3.05) is 0 Å². The van der Waals surface area contributed by atoms with Crippen molar-refractivity contribution in [3.8, 4) is 0 Å². The lowest BCUT2D eigenvalue weighted by atomic mass is 10.0. The Morgan fingerprint density at radius 1 is 1.27 bits per heavy atom. The van der Waals surface area contributed by atoms with Gasteiger partial charge in [-0.2, -0.15) is 0 Å². The molecule has 0 unspecified atom stereocenters. The number of carbonyl (C=O) groups excluding carboxylic acids is 1. The van der Waals surface area contributed by atoms with Crippen molar-refractivity contribution in [3.63, 3.8) is 0 Å². The molecule has 76 valence electrons. The first-order valence-corrected chi connectivity index (χ1v) is 5.14. The zero-order chi connectivity index (χ0) is 10.7. The molecule has 2 nitrogen and oxygen atoms in total. The molecule has 0 radical (unpaired) electrons. The summed E-state index contributed by atoms with van der Waals surface area (Å²) >= 11 is 0. The highest BCUT2D eigenvalue weighted by molar-refractivity contribution is 5.85. The van der Waals surface area contributed by atoms with Gasteiger partial charge in [0.25, 0.3) is 0 Å². The fraction of sp³-hybridized carbons (Fsp3) is 0.231. The minimum absolute atomic E-state index is 0.281. The molecule has 0 aliphatic rings. The summed E-state index contributed by atoms with van der Waals surface area (Å²) in [6.45, 7) is 1.90. The molecule has 0 N–H and O–H groups in total. The summed E-state index contributed by atoms with van der Waals surface area (Å²) in [5.74, 6) is 0.281. The van der Waals surface area contributed by atoms with Crippen LogP contribution >= 0.6 is 0 Å². The molecule has 1 aromatic heterocycles. The minimum Gasteiger partial charge on any atom is -0.299 e. The molecule has 2 heteroatoms. The van der Waals surface area contributed by atoms with E-state index in [1.165, 1.54) is 0 Å². The Hall–Kier alpha value is -1.70. The first kappa shape index (κ1) is 9.84. The van der Waals surface area contributed by atoms with E-state index >= 15 is 0 Å². The van der Waals surface area contributed by atoms with Crippen LogP contribution in [0, 0.1) is 0 Å². The summed E-state index contributed by atoms with van der Waals surface area (Å²) in [6.07, 6.45) is 4.75. The third kappa shape index (κ3) is 2.21. The van der Waals surface area contributed by atoms with Gasteiger partial charge in [0.1, 0.15) is 5.78 Å². The Balaban J connectivity index is 2.34. The molecule has 0 fully saturated rings. The van der Waals surface area contributed by atoms with Crippen molar-refractivity contribution in [2.24, 2.45) is 0 Å². The highest BCUT2D eigenvalue weighted by atomic mass is 16.1. The molecule has 0 amide bonds. The SMILES string of the molecule is CCC(=O)Cc1ccc2cnccc2c1. The molecular formula is C13H13NO. The predicted octanol–water partition coefficient (Wildman–Crippen LogP) is 2.76. The Morgan fingerprint density at radius 2 is 2.13 bits per heavy atom. The molecule has 15 heavy (non-hydrogen) atoms. The second-order valence-corrected chi connectivity index (χ2v) is 3.63. The lowest BCUT2D eigenvalue weighted by Crippen LogP contribution is -1.99. The van der Waals surface area contributed by atoms with Crippen LogP contribution in [0.1, 0.15) is 18.9 Å². The third-order valence-corrected chi connectivity index (χ3v) is 2.50. The van der Waals surface area contributed by atoms with Crippen LogP contribution in [-0.2, 0) is 11.2 Å². The summed E-state index contributed by atoms with van der Waals surface area (Å²) in [5, 5.41) is 2.26. The van der Waals surface area contributed by atoms with Crippen LogP contribution in [0.2, 0.25) is 0 Å². The number of nitrogens with zero attached hydrogens (tertiary/aromatic N) is 1. The van der Waals surface area contributed by atoms with Gasteiger partial charge in [-0.1, -0.05) is 25.1 Å². The first-order chi connectivity index (χ1) is 7.29. The minimum atomic E-state index is 0.281. The molecule has 0 aliphatic carbocycles. The molecule has 0 saturated heterocycles. The average molecular weight is 199 g/mol. The van der Waals surface area contributed by atoms with E-state index in [1.807, 2.05) is 31.3 Å². The summed E-state index contributed by atoms with van der Waals surface area (Å²) in [7, 11) is 0. The van der Waals surface area contributed by atoms with Crippen molar-refractivity contribution in [1.82, 2.24) is 4.98 Å². The highest BCUT2D eigenvalue weighted by Crippen LogP contribution is 2.15. The maximum atomic E-state index is 11.3. The maximum Gasteiger partial charge on any atom is 0.136 e. The Morgan fingerprint density at radius 3 is 2.93 bits per heavy atom. The number of carbonyl (C=O) groups is 1. The van der Waals surface area contributed by atoms with Crippen LogP contribution in [0.3, 0.4) is 0 Å². The van der Waals surface area contributed by atoms with Crippen LogP contribution in [-0.4, -0.2) is 10.8 Å². The maximum absolute atomic E-state index is 11.3. The Labute approximate surface area is 89.0 Å². The standard InChI is InChI=1S/C13H13NO/c1-2-13(15)8-10-3-4-12-9-14-6-5-11(12)7-10/h3-7,9H,2,8H2,1H3. The van der Waals surface area contributed by atoms with Gasteiger partial charge in [-0.3, -0.25) is 9.78 Å². The van der Waals surface area contributed by atoms with E-state index < -0.39 is 0 Å². The number of pyridine rings is 1. The molecule has 2 aromatic rings.